The SMILES string of the molecule is O=c1[nH]c(C2CC2)nc2c1CN(Cc1cccnc1Br)CC2. The highest BCUT2D eigenvalue weighted by Crippen LogP contribution is 2.37. The third-order valence-corrected chi connectivity index (χ3v) is 5.07. The van der Waals surface area contributed by atoms with E-state index in [0.29, 0.717) is 12.5 Å². The van der Waals surface area contributed by atoms with Crippen LogP contribution in [0, 0.1) is 0 Å². The van der Waals surface area contributed by atoms with E-state index in [4.69, 9.17) is 4.98 Å². The van der Waals surface area contributed by atoms with Crippen molar-refractivity contribution < 1.29 is 0 Å². The van der Waals surface area contributed by atoms with E-state index in [1.807, 2.05) is 6.07 Å². The summed E-state index contributed by atoms with van der Waals surface area (Å²) in [4.78, 5) is 26.5. The molecule has 5 nitrogen and oxygen atoms in total. The molecule has 2 aromatic heterocycles. The van der Waals surface area contributed by atoms with Crippen LogP contribution in [0.15, 0.2) is 27.7 Å². The van der Waals surface area contributed by atoms with Crippen LogP contribution in [-0.2, 0) is 19.5 Å². The average Bonchev–Trinajstić information content (AvgIpc) is 3.35. The summed E-state index contributed by atoms with van der Waals surface area (Å²) in [6, 6.07) is 4.00. The first-order valence-corrected chi connectivity index (χ1v) is 8.43. The Hall–Kier alpha value is -1.53. The molecule has 4 rings (SSSR count). The van der Waals surface area contributed by atoms with Crippen molar-refractivity contribution in [3.05, 3.63) is 55.9 Å². The van der Waals surface area contributed by atoms with E-state index in [1.165, 1.54) is 0 Å². The van der Waals surface area contributed by atoms with Gasteiger partial charge >= 0.3 is 0 Å². The molecule has 22 heavy (non-hydrogen) atoms. The minimum absolute atomic E-state index is 0.0434. The lowest BCUT2D eigenvalue weighted by molar-refractivity contribution is 0.240. The summed E-state index contributed by atoms with van der Waals surface area (Å²) in [5.41, 5.74) is 3.01. The first kappa shape index (κ1) is 14.1. The van der Waals surface area contributed by atoms with Crippen LogP contribution in [-0.4, -0.2) is 26.4 Å². The number of pyridine rings is 1. The van der Waals surface area contributed by atoms with Crippen LogP contribution in [0.2, 0.25) is 0 Å². The van der Waals surface area contributed by atoms with Gasteiger partial charge in [-0.1, -0.05) is 6.07 Å². The quantitative estimate of drug-likeness (QED) is 0.853. The molecule has 3 heterocycles. The molecule has 0 bridgehead atoms. The highest BCUT2D eigenvalue weighted by atomic mass is 79.9. The Morgan fingerprint density at radius 2 is 2.27 bits per heavy atom. The largest absolute Gasteiger partial charge is 0.310 e. The van der Waals surface area contributed by atoms with Gasteiger partial charge in [0.15, 0.2) is 0 Å². The lowest BCUT2D eigenvalue weighted by Crippen LogP contribution is -2.35. The molecule has 2 aromatic rings. The molecule has 1 saturated carbocycles. The monoisotopic (exact) mass is 360 g/mol. The molecule has 1 N–H and O–H groups in total. The maximum Gasteiger partial charge on any atom is 0.255 e. The van der Waals surface area contributed by atoms with Gasteiger partial charge in [-0.25, -0.2) is 9.97 Å². The van der Waals surface area contributed by atoms with Crippen molar-refractivity contribution in [2.45, 2.75) is 38.3 Å². The number of hydrogen-bond acceptors (Lipinski definition) is 4. The molecule has 2 aliphatic rings. The minimum Gasteiger partial charge on any atom is -0.310 e. The summed E-state index contributed by atoms with van der Waals surface area (Å²) in [5.74, 6) is 1.38. The average molecular weight is 361 g/mol. The second-order valence-electron chi connectivity index (χ2n) is 6.06. The minimum atomic E-state index is 0.0434. The summed E-state index contributed by atoms with van der Waals surface area (Å²) >= 11 is 3.48. The molecule has 1 aliphatic heterocycles. The van der Waals surface area contributed by atoms with Gasteiger partial charge in [-0.05, 0) is 40.4 Å². The fourth-order valence-electron chi connectivity index (χ4n) is 2.96. The van der Waals surface area contributed by atoms with Gasteiger partial charge in [-0.2, -0.15) is 0 Å². The van der Waals surface area contributed by atoms with Crippen molar-refractivity contribution in [1.29, 1.82) is 0 Å². The van der Waals surface area contributed by atoms with E-state index in [2.05, 4.69) is 36.9 Å². The third-order valence-electron chi connectivity index (χ3n) is 4.36. The number of aromatic nitrogens is 3. The molecule has 1 aliphatic carbocycles. The van der Waals surface area contributed by atoms with Gasteiger partial charge in [0.05, 0.1) is 11.3 Å². The van der Waals surface area contributed by atoms with E-state index < -0.39 is 0 Å². The van der Waals surface area contributed by atoms with Crippen LogP contribution in [0.25, 0.3) is 0 Å². The molecule has 0 aromatic carbocycles. The number of nitrogens with zero attached hydrogens (tertiary/aromatic N) is 3. The van der Waals surface area contributed by atoms with Crippen molar-refractivity contribution in [3.8, 4) is 0 Å². The van der Waals surface area contributed by atoms with Crippen LogP contribution in [0.1, 0.15) is 41.4 Å². The Kier molecular flexibility index (Phi) is 3.58. The lowest BCUT2D eigenvalue weighted by atomic mass is 10.1. The lowest BCUT2D eigenvalue weighted by Gasteiger charge is -2.27. The predicted molar refractivity (Wildman–Crippen MR) is 86.6 cm³/mol. The van der Waals surface area contributed by atoms with Gasteiger partial charge in [-0.3, -0.25) is 9.69 Å². The number of nitrogens with one attached hydrogen (secondary N) is 1. The van der Waals surface area contributed by atoms with Crippen LogP contribution < -0.4 is 5.56 Å². The summed E-state index contributed by atoms with van der Waals surface area (Å²) in [6.07, 6.45) is 4.93. The van der Waals surface area contributed by atoms with Crippen LogP contribution in [0.5, 0.6) is 0 Å². The highest BCUT2D eigenvalue weighted by Gasteiger charge is 2.29. The van der Waals surface area contributed by atoms with Crippen molar-refractivity contribution >= 4 is 15.9 Å². The normalized spacial score (nSPS) is 18.2. The molecule has 0 saturated heterocycles. The molecule has 0 unspecified atom stereocenters. The Balaban J connectivity index is 1.56. The number of fused-ring (bicyclic) bond motifs is 1. The van der Waals surface area contributed by atoms with Gasteiger partial charge < -0.3 is 4.98 Å². The number of aromatic amines is 1. The van der Waals surface area contributed by atoms with E-state index in [1.54, 1.807) is 6.20 Å². The van der Waals surface area contributed by atoms with Crippen molar-refractivity contribution in [3.63, 3.8) is 0 Å². The summed E-state index contributed by atoms with van der Waals surface area (Å²) in [6.45, 7) is 2.37. The number of rotatable bonds is 3. The predicted octanol–water partition coefficient (Wildman–Crippen LogP) is 2.36. The van der Waals surface area contributed by atoms with E-state index >= 15 is 0 Å². The van der Waals surface area contributed by atoms with Gasteiger partial charge in [0.1, 0.15) is 10.4 Å². The molecular weight excluding hydrogens is 344 g/mol. The standard InChI is InChI=1S/C16H17BrN4O/c17-14-11(2-1-6-18-14)8-21-7-5-13-12(9-21)16(22)20-15(19-13)10-3-4-10/h1-2,6,10H,3-5,7-9H2,(H,19,20,22). The van der Waals surface area contributed by atoms with Crippen molar-refractivity contribution in [2.75, 3.05) is 6.54 Å². The maximum atomic E-state index is 12.3. The summed E-state index contributed by atoms with van der Waals surface area (Å²) in [5, 5.41) is 0. The number of H-pyrrole nitrogens is 1. The first-order chi connectivity index (χ1) is 10.7. The zero-order valence-electron chi connectivity index (χ0n) is 12.2. The molecule has 0 spiro atoms. The van der Waals surface area contributed by atoms with Crippen molar-refractivity contribution in [1.82, 2.24) is 19.9 Å². The van der Waals surface area contributed by atoms with Crippen LogP contribution in [0.4, 0.5) is 0 Å². The third kappa shape index (κ3) is 2.73. The molecule has 0 amide bonds. The van der Waals surface area contributed by atoms with E-state index in [-0.39, 0.29) is 5.56 Å². The van der Waals surface area contributed by atoms with Gasteiger partial charge in [0.2, 0.25) is 0 Å². The van der Waals surface area contributed by atoms with Crippen LogP contribution >= 0.6 is 15.9 Å². The zero-order valence-corrected chi connectivity index (χ0v) is 13.8. The zero-order chi connectivity index (χ0) is 15.1. The smallest absolute Gasteiger partial charge is 0.255 e. The first-order valence-electron chi connectivity index (χ1n) is 7.64. The van der Waals surface area contributed by atoms with Crippen molar-refractivity contribution in [2.24, 2.45) is 0 Å². The molecular formula is C16H17BrN4O. The Morgan fingerprint density at radius 3 is 3.05 bits per heavy atom. The number of halogens is 1. The van der Waals surface area contributed by atoms with Gasteiger partial charge in [-0.15, -0.1) is 0 Å². The summed E-state index contributed by atoms with van der Waals surface area (Å²) < 4.78 is 0.872. The molecule has 6 heteroatoms. The van der Waals surface area contributed by atoms with Gasteiger partial charge in [0.25, 0.3) is 5.56 Å². The molecule has 114 valence electrons. The molecule has 0 atom stereocenters. The Morgan fingerprint density at radius 1 is 1.41 bits per heavy atom. The second-order valence-corrected chi connectivity index (χ2v) is 6.82. The van der Waals surface area contributed by atoms with E-state index in [9.17, 15) is 4.79 Å². The summed E-state index contributed by atoms with van der Waals surface area (Å²) in [7, 11) is 0. The van der Waals surface area contributed by atoms with E-state index in [0.717, 1.165) is 59.6 Å². The molecule has 0 radical (unpaired) electrons. The molecule has 1 fully saturated rings. The fourth-order valence-corrected chi connectivity index (χ4v) is 3.34. The van der Waals surface area contributed by atoms with Gasteiger partial charge in [0, 0.05) is 38.2 Å². The Bertz CT molecular complexity index is 769. The highest BCUT2D eigenvalue weighted by molar-refractivity contribution is 9.10. The fraction of sp³-hybridized carbons (Fsp3) is 0.438. The Labute approximate surface area is 136 Å². The number of hydrogen-bond donors (Lipinski definition) is 1. The maximum absolute atomic E-state index is 12.3. The topological polar surface area (TPSA) is 61.9 Å². The van der Waals surface area contributed by atoms with Crippen LogP contribution in [0.3, 0.4) is 0 Å². The second kappa shape index (κ2) is 5.59.